The summed E-state index contributed by atoms with van der Waals surface area (Å²) in [4.78, 5) is 23.8. The SMILES string of the molecule is Cc1cnc(NCCCC2CCN(CCF)CC2)nc1-c1cc2c(C(=O)O)cccc2s1. The van der Waals surface area contributed by atoms with Gasteiger partial charge in [-0.05, 0) is 75.4 Å². The number of alkyl halides is 1. The first-order valence-electron chi connectivity index (χ1n) is 11.2. The van der Waals surface area contributed by atoms with Crippen LogP contribution in [0.4, 0.5) is 10.3 Å². The largest absolute Gasteiger partial charge is 0.478 e. The van der Waals surface area contributed by atoms with Crippen LogP contribution in [0.25, 0.3) is 20.7 Å². The molecule has 1 aliphatic rings. The third kappa shape index (κ3) is 5.24. The molecule has 2 N–H and O–H groups in total. The first-order valence-corrected chi connectivity index (χ1v) is 12.0. The molecular formula is C24H29FN4O2S. The lowest BCUT2D eigenvalue weighted by atomic mass is 9.92. The Bertz CT molecular complexity index is 1080. The number of benzene rings is 1. The van der Waals surface area contributed by atoms with Crippen molar-refractivity contribution in [3.05, 3.63) is 41.6 Å². The van der Waals surface area contributed by atoms with Gasteiger partial charge in [-0.2, -0.15) is 0 Å². The van der Waals surface area contributed by atoms with Gasteiger partial charge < -0.3 is 15.3 Å². The Morgan fingerprint density at radius 1 is 1.34 bits per heavy atom. The highest BCUT2D eigenvalue weighted by Gasteiger charge is 2.18. The number of thiophene rings is 1. The van der Waals surface area contributed by atoms with Crippen LogP contribution in [0.15, 0.2) is 30.5 Å². The molecule has 1 aliphatic heterocycles. The van der Waals surface area contributed by atoms with E-state index in [4.69, 9.17) is 4.98 Å². The van der Waals surface area contributed by atoms with E-state index < -0.39 is 5.97 Å². The molecule has 1 fully saturated rings. The van der Waals surface area contributed by atoms with Crippen molar-refractivity contribution in [3.8, 4) is 10.6 Å². The summed E-state index contributed by atoms with van der Waals surface area (Å²) in [5.74, 6) is 0.387. The van der Waals surface area contributed by atoms with E-state index in [2.05, 4.69) is 15.2 Å². The van der Waals surface area contributed by atoms with Gasteiger partial charge in [-0.3, -0.25) is 0 Å². The van der Waals surface area contributed by atoms with Gasteiger partial charge in [-0.15, -0.1) is 11.3 Å². The second-order valence-electron chi connectivity index (χ2n) is 8.40. The molecule has 1 saturated heterocycles. The lowest BCUT2D eigenvalue weighted by Gasteiger charge is -2.31. The Labute approximate surface area is 191 Å². The number of anilines is 1. The zero-order chi connectivity index (χ0) is 22.5. The fourth-order valence-electron chi connectivity index (χ4n) is 4.35. The lowest BCUT2D eigenvalue weighted by molar-refractivity contribution is 0.0699. The summed E-state index contributed by atoms with van der Waals surface area (Å²) in [6.45, 7) is 5.10. The van der Waals surface area contributed by atoms with Gasteiger partial charge in [0.2, 0.25) is 5.95 Å². The highest BCUT2D eigenvalue weighted by Crippen LogP contribution is 2.36. The molecule has 2 aromatic heterocycles. The Morgan fingerprint density at radius 3 is 2.91 bits per heavy atom. The Morgan fingerprint density at radius 2 is 2.16 bits per heavy atom. The minimum Gasteiger partial charge on any atom is -0.478 e. The predicted octanol–water partition coefficient (Wildman–Crippen LogP) is 5.24. The minimum atomic E-state index is -0.921. The normalized spacial score (nSPS) is 15.3. The zero-order valence-electron chi connectivity index (χ0n) is 18.3. The standard InChI is InChI=1S/C24H29FN4O2S/c1-16-15-27-24(26-10-3-4-17-7-11-29(12-8-17)13-9-25)28-22(16)21-14-19-18(23(30)31)5-2-6-20(19)32-21/h2,5-6,14-15,17H,3-4,7-13H2,1H3,(H,30,31)(H,26,27,28). The molecular weight excluding hydrogens is 427 g/mol. The summed E-state index contributed by atoms with van der Waals surface area (Å²) in [5, 5.41) is 13.5. The quantitative estimate of drug-likeness (QED) is 0.429. The van der Waals surface area contributed by atoms with Gasteiger partial charge in [-0.25, -0.2) is 19.2 Å². The smallest absolute Gasteiger partial charge is 0.336 e. The molecule has 170 valence electrons. The number of hydrogen-bond donors (Lipinski definition) is 2. The molecule has 0 unspecified atom stereocenters. The van der Waals surface area contributed by atoms with Gasteiger partial charge in [0.1, 0.15) is 6.67 Å². The zero-order valence-corrected chi connectivity index (χ0v) is 19.1. The molecule has 6 nitrogen and oxygen atoms in total. The number of aromatic nitrogens is 2. The summed E-state index contributed by atoms with van der Waals surface area (Å²) >= 11 is 1.55. The first kappa shape index (κ1) is 22.6. The van der Waals surface area contributed by atoms with Crippen molar-refractivity contribution in [1.29, 1.82) is 0 Å². The number of nitrogens with zero attached hydrogens (tertiary/aromatic N) is 3. The Hall–Kier alpha value is -2.58. The average Bonchev–Trinajstić information content (AvgIpc) is 3.23. The van der Waals surface area contributed by atoms with Crippen molar-refractivity contribution >= 4 is 33.3 Å². The maximum atomic E-state index is 12.5. The highest BCUT2D eigenvalue weighted by molar-refractivity contribution is 7.22. The summed E-state index contributed by atoms with van der Waals surface area (Å²) in [6, 6.07) is 7.26. The number of aromatic carboxylic acids is 1. The predicted molar refractivity (Wildman–Crippen MR) is 127 cm³/mol. The van der Waals surface area contributed by atoms with Crippen molar-refractivity contribution in [2.45, 2.75) is 32.6 Å². The number of rotatable bonds is 9. The molecule has 0 aliphatic carbocycles. The number of carbonyl (C=O) groups is 1. The van der Waals surface area contributed by atoms with Crippen molar-refractivity contribution < 1.29 is 14.3 Å². The molecule has 4 rings (SSSR count). The van der Waals surface area contributed by atoms with Crippen LogP contribution in [0.1, 0.15) is 41.6 Å². The monoisotopic (exact) mass is 456 g/mol. The summed E-state index contributed by atoms with van der Waals surface area (Å²) < 4.78 is 13.4. The third-order valence-electron chi connectivity index (χ3n) is 6.18. The average molecular weight is 457 g/mol. The van der Waals surface area contributed by atoms with Crippen LogP contribution in [0.5, 0.6) is 0 Å². The van der Waals surface area contributed by atoms with Crippen molar-refractivity contribution in [2.75, 3.05) is 38.2 Å². The number of halogens is 1. The molecule has 0 bridgehead atoms. The van der Waals surface area contributed by atoms with Crippen LogP contribution in [0, 0.1) is 12.8 Å². The molecule has 0 amide bonds. The maximum Gasteiger partial charge on any atom is 0.336 e. The molecule has 0 atom stereocenters. The van der Waals surface area contributed by atoms with Crippen LogP contribution < -0.4 is 5.32 Å². The van der Waals surface area contributed by atoms with E-state index in [1.165, 1.54) is 0 Å². The van der Waals surface area contributed by atoms with E-state index >= 15 is 0 Å². The summed E-state index contributed by atoms with van der Waals surface area (Å²) in [6.07, 6.45) is 6.31. The maximum absolute atomic E-state index is 12.5. The fourth-order valence-corrected chi connectivity index (χ4v) is 5.49. The number of carboxylic acid groups (broad SMARTS) is 1. The van der Waals surface area contributed by atoms with Gasteiger partial charge in [0.25, 0.3) is 0 Å². The van der Waals surface area contributed by atoms with Crippen LogP contribution in [0.3, 0.4) is 0 Å². The van der Waals surface area contributed by atoms with Gasteiger partial charge in [-0.1, -0.05) is 6.07 Å². The minimum absolute atomic E-state index is 0.255. The topological polar surface area (TPSA) is 78.4 Å². The third-order valence-corrected chi connectivity index (χ3v) is 7.28. The Kier molecular flexibility index (Phi) is 7.32. The number of fused-ring (bicyclic) bond motifs is 1. The van der Waals surface area contributed by atoms with Crippen molar-refractivity contribution in [2.24, 2.45) is 5.92 Å². The molecule has 3 aromatic rings. The van der Waals surface area contributed by atoms with Crippen LogP contribution in [-0.4, -0.2) is 58.8 Å². The van der Waals surface area contributed by atoms with E-state index in [0.717, 1.165) is 71.5 Å². The van der Waals surface area contributed by atoms with E-state index in [1.54, 1.807) is 23.5 Å². The van der Waals surface area contributed by atoms with Crippen LogP contribution >= 0.6 is 11.3 Å². The van der Waals surface area contributed by atoms with Gasteiger partial charge in [0, 0.05) is 29.4 Å². The van der Waals surface area contributed by atoms with Crippen molar-refractivity contribution in [3.63, 3.8) is 0 Å². The first-order chi connectivity index (χ1) is 15.5. The van der Waals surface area contributed by atoms with E-state index in [-0.39, 0.29) is 6.67 Å². The number of piperidine rings is 1. The number of likely N-dealkylation sites (tertiary alicyclic amines) is 1. The molecule has 0 saturated carbocycles. The Balaban J connectivity index is 1.37. The lowest BCUT2D eigenvalue weighted by Crippen LogP contribution is -2.35. The number of carboxylic acids is 1. The van der Waals surface area contributed by atoms with Crippen molar-refractivity contribution in [1.82, 2.24) is 14.9 Å². The molecule has 8 heteroatoms. The van der Waals surface area contributed by atoms with Gasteiger partial charge in [0.05, 0.1) is 16.1 Å². The fraction of sp³-hybridized carbons (Fsp3) is 0.458. The number of nitrogens with one attached hydrogen (secondary N) is 1. The van der Waals surface area contributed by atoms with Gasteiger partial charge in [0.15, 0.2) is 0 Å². The second kappa shape index (κ2) is 10.4. The molecule has 0 radical (unpaired) electrons. The van der Waals surface area contributed by atoms with Crippen LogP contribution in [-0.2, 0) is 0 Å². The van der Waals surface area contributed by atoms with Crippen LogP contribution in [0.2, 0.25) is 0 Å². The summed E-state index contributed by atoms with van der Waals surface area (Å²) in [7, 11) is 0. The van der Waals surface area contributed by atoms with E-state index in [9.17, 15) is 14.3 Å². The van der Waals surface area contributed by atoms with E-state index in [0.29, 0.717) is 24.0 Å². The highest BCUT2D eigenvalue weighted by atomic mass is 32.1. The molecule has 1 aromatic carbocycles. The summed E-state index contributed by atoms with van der Waals surface area (Å²) in [5.41, 5.74) is 2.10. The molecule has 3 heterocycles. The van der Waals surface area contributed by atoms with E-state index in [1.807, 2.05) is 25.3 Å². The van der Waals surface area contributed by atoms with Gasteiger partial charge >= 0.3 is 5.97 Å². The molecule has 0 spiro atoms. The number of aryl methyl sites for hydroxylation is 1. The molecule has 32 heavy (non-hydrogen) atoms. The second-order valence-corrected chi connectivity index (χ2v) is 9.49. The number of hydrogen-bond acceptors (Lipinski definition) is 6.